The number of aryl methyl sites for hydroxylation is 1. The van der Waals surface area contributed by atoms with E-state index in [0.717, 1.165) is 6.07 Å². The van der Waals surface area contributed by atoms with Gasteiger partial charge in [-0.05, 0) is 31.0 Å². The number of benzene rings is 1. The van der Waals surface area contributed by atoms with Gasteiger partial charge < -0.3 is 4.74 Å². The van der Waals surface area contributed by atoms with Crippen LogP contribution in [0.15, 0.2) is 12.1 Å². The van der Waals surface area contributed by atoms with Gasteiger partial charge in [-0.15, -0.1) is 0 Å². The van der Waals surface area contributed by atoms with Crippen LogP contribution in [0.3, 0.4) is 0 Å². The van der Waals surface area contributed by atoms with Gasteiger partial charge in [0.1, 0.15) is 11.9 Å². The maximum atomic E-state index is 13.6. The number of halogens is 3. The van der Waals surface area contributed by atoms with Crippen molar-refractivity contribution >= 4 is 0 Å². The lowest BCUT2D eigenvalue weighted by atomic mass is 9.94. The number of alkyl halides is 2. The third-order valence-corrected chi connectivity index (χ3v) is 2.65. The second-order valence-corrected chi connectivity index (χ2v) is 3.86. The Morgan fingerprint density at radius 3 is 2.73 bits per heavy atom. The summed E-state index contributed by atoms with van der Waals surface area (Å²) in [5.41, 5.74) is 0.364. The normalized spacial score (nSPS) is 23.7. The van der Waals surface area contributed by atoms with Crippen molar-refractivity contribution in [2.24, 2.45) is 0 Å². The van der Waals surface area contributed by atoms with Crippen molar-refractivity contribution in [3.05, 3.63) is 34.6 Å². The lowest BCUT2D eigenvalue weighted by Crippen LogP contribution is -2.37. The number of ether oxygens (including phenoxy) is 1. The van der Waals surface area contributed by atoms with Crippen molar-refractivity contribution in [1.82, 2.24) is 0 Å². The molecule has 0 saturated heterocycles. The van der Waals surface area contributed by atoms with E-state index in [2.05, 4.69) is 0 Å². The third-order valence-electron chi connectivity index (χ3n) is 2.65. The van der Waals surface area contributed by atoms with Gasteiger partial charge in [0.15, 0.2) is 0 Å². The van der Waals surface area contributed by atoms with Crippen molar-refractivity contribution in [3.63, 3.8) is 0 Å². The zero-order valence-electron chi connectivity index (χ0n) is 8.48. The molecule has 1 aliphatic rings. The Bertz CT molecular complexity index is 401. The maximum absolute atomic E-state index is 13.6. The molecule has 0 spiro atoms. The van der Waals surface area contributed by atoms with Crippen molar-refractivity contribution < 1.29 is 17.9 Å². The molecule has 1 aromatic rings. The van der Waals surface area contributed by atoms with Gasteiger partial charge in [-0.1, -0.05) is 6.07 Å². The van der Waals surface area contributed by atoms with Crippen molar-refractivity contribution in [3.8, 4) is 0 Å². The molecular weight excluding hydrogens is 205 g/mol. The number of hydrogen-bond acceptors (Lipinski definition) is 1. The summed E-state index contributed by atoms with van der Waals surface area (Å²) in [5, 5.41) is 0. The Kier molecular flexibility index (Phi) is 2.26. The second-order valence-electron chi connectivity index (χ2n) is 3.86. The van der Waals surface area contributed by atoms with Crippen LogP contribution in [0.1, 0.15) is 23.6 Å². The third kappa shape index (κ3) is 1.53. The van der Waals surface area contributed by atoms with Gasteiger partial charge in [0.05, 0.1) is 12.2 Å². The predicted molar refractivity (Wildman–Crippen MR) is 49.3 cm³/mol. The van der Waals surface area contributed by atoms with E-state index in [1.54, 1.807) is 6.92 Å². The van der Waals surface area contributed by atoms with Crippen molar-refractivity contribution in [2.45, 2.75) is 32.5 Å². The Labute approximate surface area is 85.9 Å². The maximum Gasteiger partial charge on any atom is 0.301 e. The minimum absolute atomic E-state index is 0.0463. The molecule has 0 fully saturated rings. The first-order valence-corrected chi connectivity index (χ1v) is 4.72. The van der Waals surface area contributed by atoms with Gasteiger partial charge in [0.25, 0.3) is 0 Å². The molecule has 1 aromatic carbocycles. The highest BCUT2D eigenvalue weighted by Crippen LogP contribution is 2.41. The molecule has 0 N–H and O–H groups in total. The van der Waals surface area contributed by atoms with Crippen LogP contribution in [0.2, 0.25) is 0 Å². The molecule has 4 heteroatoms. The Morgan fingerprint density at radius 2 is 2.07 bits per heavy atom. The van der Waals surface area contributed by atoms with Gasteiger partial charge in [0.2, 0.25) is 0 Å². The number of hydrogen-bond donors (Lipinski definition) is 0. The molecule has 1 atom stereocenters. The van der Waals surface area contributed by atoms with Crippen LogP contribution < -0.4 is 0 Å². The van der Waals surface area contributed by atoms with Crippen LogP contribution in [0.5, 0.6) is 0 Å². The largest absolute Gasteiger partial charge is 0.367 e. The van der Waals surface area contributed by atoms with Gasteiger partial charge in [-0.3, -0.25) is 0 Å². The molecule has 0 radical (unpaired) electrons. The van der Waals surface area contributed by atoms with Crippen molar-refractivity contribution in [2.75, 3.05) is 0 Å². The lowest BCUT2D eigenvalue weighted by Gasteiger charge is -2.31. The molecule has 15 heavy (non-hydrogen) atoms. The van der Waals surface area contributed by atoms with Crippen LogP contribution in [0, 0.1) is 12.7 Å². The Hall–Kier alpha value is -1.03. The van der Waals surface area contributed by atoms with E-state index >= 15 is 0 Å². The summed E-state index contributed by atoms with van der Waals surface area (Å²) in [5.74, 6) is -4.09. The highest BCUT2D eigenvalue weighted by molar-refractivity contribution is 5.37. The molecule has 82 valence electrons. The summed E-state index contributed by atoms with van der Waals surface area (Å²) in [6, 6.07) is 2.67. The standard InChI is InChI=1S/C11H11F3O/c1-6-3-8-5-15-7(2)11(13,14)10(8)9(12)4-6/h3-4,7H,5H2,1-2H3. The van der Waals surface area contributed by atoms with E-state index in [0.29, 0.717) is 5.56 Å². The molecule has 0 aliphatic carbocycles. The summed E-state index contributed by atoms with van der Waals surface area (Å²) >= 11 is 0. The second kappa shape index (κ2) is 3.23. The molecule has 0 bridgehead atoms. The number of fused-ring (bicyclic) bond motifs is 1. The fourth-order valence-corrected chi connectivity index (χ4v) is 1.82. The monoisotopic (exact) mass is 216 g/mol. The summed E-state index contributed by atoms with van der Waals surface area (Å²) in [4.78, 5) is 0. The highest BCUT2D eigenvalue weighted by Gasteiger charge is 2.46. The molecule has 1 unspecified atom stereocenters. The Morgan fingerprint density at radius 1 is 1.40 bits per heavy atom. The smallest absolute Gasteiger partial charge is 0.301 e. The van der Waals surface area contributed by atoms with Crippen molar-refractivity contribution in [1.29, 1.82) is 0 Å². The van der Waals surface area contributed by atoms with Crippen LogP contribution in [-0.4, -0.2) is 6.10 Å². The predicted octanol–water partition coefficient (Wildman–Crippen LogP) is 3.14. The number of rotatable bonds is 0. The van der Waals surface area contributed by atoms with Gasteiger partial charge in [-0.2, -0.15) is 8.78 Å². The highest BCUT2D eigenvalue weighted by atomic mass is 19.3. The minimum atomic E-state index is -3.24. The van der Waals surface area contributed by atoms with Crippen LogP contribution >= 0.6 is 0 Å². The SMILES string of the molecule is Cc1cc(F)c2c(c1)COC(C)C2(F)F. The zero-order valence-corrected chi connectivity index (χ0v) is 8.48. The Balaban J connectivity index is 2.64. The van der Waals surface area contributed by atoms with Gasteiger partial charge in [-0.25, -0.2) is 4.39 Å². The fraction of sp³-hybridized carbons (Fsp3) is 0.455. The summed E-state index contributed by atoms with van der Waals surface area (Å²) < 4.78 is 45.6. The molecule has 0 saturated carbocycles. The fourth-order valence-electron chi connectivity index (χ4n) is 1.82. The molecular formula is C11H11F3O. The summed E-state index contributed by atoms with van der Waals surface area (Å²) in [6.45, 7) is 2.96. The van der Waals surface area contributed by atoms with E-state index in [1.807, 2.05) is 0 Å². The van der Waals surface area contributed by atoms with E-state index in [-0.39, 0.29) is 12.2 Å². The average Bonchev–Trinajstić information content (AvgIpc) is 2.10. The van der Waals surface area contributed by atoms with Crippen LogP contribution in [-0.2, 0) is 17.3 Å². The van der Waals surface area contributed by atoms with Crippen LogP contribution in [0.4, 0.5) is 13.2 Å². The van der Waals surface area contributed by atoms with E-state index in [1.165, 1.54) is 13.0 Å². The first kappa shape index (κ1) is 10.5. The van der Waals surface area contributed by atoms with E-state index in [9.17, 15) is 13.2 Å². The summed E-state index contributed by atoms with van der Waals surface area (Å²) in [7, 11) is 0. The van der Waals surface area contributed by atoms with Gasteiger partial charge >= 0.3 is 5.92 Å². The lowest BCUT2D eigenvalue weighted by molar-refractivity contribution is -0.157. The van der Waals surface area contributed by atoms with E-state index in [4.69, 9.17) is 4.74 Å². The molecule has 2 rings (SSSR count). The summed E-state index contributed by atoms with van der Waals surface area (Å²) in [6.07, 6.45) is -1.28. The quantitative estimate of drug-likeness (QED) is 0.647. The first-order valence-electron chi connectivity index (χ1n) is 4.72. The average molecular weight is 216 g/mol. The molecule has 0 amide bonds. The van der Waals surface area contributed by atoms with E-state index < -0.39 is 23.4 Å². The minimum Gasteiger partial charge on any atom is -0.367 e. The topological polar surface area (TPSA) is 9.23 Å². The van der Waals surface area contributed by atoms with Crippen LogP contribution in [0.25, 0.3) is 0 Å². The molecule has 1 nitrogen and oxygen atoms in total. The molecule has 1 aliphatic heterocycles. The molecule has 1 heterocycles. The zero-order chi connectivity index (χ0) is 11.2. The first-order chi connectivity index (χ1) is 6.93. The van der Waals surface area contributed by atoms with Gasteiger partial charge in [0, 0.05) is 0 Å². The molecule has 0 aromatic heterocycles.